The van der Waals surface area contributed by atoms with Crippen molar-refractivity contribution in [2.75, 3.05) is 18.9 Å². The van der Waals surface area contributed by atoms with Gasteiger partial charge < -0.3 is 16.0 Å². The van der Waals surface area contributed by atoms with Crippen molar-refractivity contribution in [2.24, 2.45) is 0 Å². The highest BCUT2D eigenvalue weighted by molar-refractivity contribution is 6.30. The van der Waals surface area contributed by atoms with Gasteiger partial charge in [-0.3, -0.25) is 9.59 Å². The van der Waals surface area contributed by atoms with Crippen molar-refractivity contribution < 1.29 is 14.9 Å². The van der Waals surface area contributed by atoms with Gasteiger partial charge in [0.25, 0.3) is 11.8 Å². The molecule has 126 valence electrons. The molecular formula is C18H21ClN3O2+. The first-order chi connectivity index (χ1) is 11.5. The van der Waals surface area contributed by atoms with Crippen LogP contribution in [0, 0.1) is 0 Å². The third kappa shape index (κ3) is 5.08. The average molecular weight is 347 g/mol. The first-order valence-corrected chi connectivity index (χ1v) is 8.08. The van der Waals surface area contributed by atoms with E-state index in [0.29, 0.717) is 16.3 Å². The number of nitrogens with two attached hydrogens (primary N) is 1. The Labute approximate surface area is 146 Å². The summed E-state index contributed by atoms with van der Waals surface area (Å²) in [4.78, 5) is 23.7. The third-order valence-electron chi connectivity index (χ3n) is 3.69. The van der Waals surface area contributed by atoms with E-state index in [0.717, 1.165) is 5.56 Å². The molecule has 5 nitrogen and oxygen atoms in total. The van der Waals surface area contributed by atoms with Crippen LogP contribution in [0.4, 0.5) is 5.69 Å². The third-order valence-corrected chi connectivity index (χ3v) is 3.94. The maximum atomic E-state index is 12.1. The van der Waals surface area contributed by atoms with Crippen molar-refractivity contribution in [3.63, 3.8) is 0 Å². The molecule has 2 aromatic carbocycles. The second-order valence-corrected chi connectivity index (χ2v) is 5.92. The van der Waals surface area contributed by atoms with Gasteiger partial charge in [0.15, 0.2) is 6.54 Å². The van der Waals surface area contributed by atoms with E-state index in [9.17, 15) is 9.59 Å². The molecule has 0 unspecified atom stereocenters. The number of hydrogen-bond acceptors (Lipinski definition) is 2. The van der Waals surface area contributed by atoms with Crippen molar-refractivity contribution in [3.8, 4) is 0 Å². The van der Waals surface area contributed by atoms with Crippen LogP contribution in [0.1, 0.15) is 28.9 Å². The first kappa shape index (κ1) is 18.0. The quantitative estimate of drug-likeness (QED) is 0.748. The van der Waals surface area contributed by atoms with Gasteiger partial charge in [0.2, 0.25) is 0 Å². The topological polar surface area (TPSA) is 74.8 Å². The van der Waals surface area contributed by atoms with Gasteiger partial charge in [-0.1, -0.05) is 29.8 Å². The van der Waals surface area contributed by atoms with Crippen LogP contribution in [0.15, 0.2) is 48.5 Å². The van der Waals surface area contributed by atoms with Crippen molar-refractivity contribution >= 4 is 29.1 Å². The molecule has 4 N–H and O–H groups in total. The van der Waals surface area contributed by atoms with Crippen LogP contribution in [-0.4, -0.2) is 25.4 Å². The number of rotatable bonds is 6. The minimum atomic E-state index is -0.186. The van der Waals surface area contributed by atoms with Gasteiger partial charge in [0, 0.05) is 28.9 Å². The second kappa shape index (κ2) is 8.47. The summed E-state index contributed by atoms with van der Waals surface area (Å²) in [5.41, 5.74) is 2.22. The molecule has 0 saturated carbocycles. The zero-order valence-corrected chi connectivity index (χ0v) is 14.4. The molecule has 0 bridgehead atoms. The van der Waals surface area contributed by atoms with E-state index in [1.807, 2.05) is 36.5 Å². The van der Waals surface area contributed by atoms with E-state index >= 15 is 0 Å². The Bertz CT molecular complexity index is 716. The van der Waals surface area contributed by atoms with E-state index in [4.69, 9.17) is 11.6 Å². The summed E-state index contributed by atoms with van der Waals surface area (Å²) in [5, 5.41) is 8.00. The van der Waals surface area contributed by atoms with Crippen LogP contribution in [0.25, 0.3) is 0 Å². The number of benzene rings is 2. The van der Waals surface area contributed by atoms with Gasteiger partial charge >= 0.3 is 0 Å². The van der Waals surface area contributed by atoms with E-state index in [-0.39, 0.29) is 24.4 Å². The van der Waals surface area contributed by atoms with Gasteiger partial charge in [-0.25, -0.2) is 0 Å². The fraction of sp³-hybridized carbons (Fsp3) is 0.222. The van der Waals surface area contributed by atoms with Crippen LogP contribution in [0.5, 0.6) is 0 Å². The first-order valence-electron chi connectivity index (χ1n) is 7.70. The molecule has 0 spiro atoms. The molecule has 2 rings (SSSR count). The Hall–Kier alpha value is -2.37. The van der Waals surface area contributed by atoms with Crippen LogP contribution >= 0.6 is 11.6 Å². The minimum absolute atomic E-state index is 0.120. The lowest BCUT2D eigenvalue weighted by atomic mass is 10.1. The number of halogens is 1. The van der Waals surface area contributed by atoms with Crippen LogP contribution in [0.2, 0.25) is 5.02 Å². The van der Waals surface area contributed by atoms with Crippen molar-refractivity contribution in [1.29, 1.82) is 0 Å². The van der Waals surface area contributed by atoms with Gasteiger partial charge in [-0.15, -0.1) is 0 Å². The zero-order valence-electron chi connectivity index (χ0n) is 13.7. The Morgan fingerprint density at radius 1 is 1.17 bits per heavy atom. The van der Waals surface area contributed by atoms with Gasteiger partial charge in [0.1, 0.15) is 6.04 Å². The maximum Gasteiger partial charge on any atom is 0.279 e. The number of anilines is 1. The molecular weight excluding hydrogens is 326 g/mol. The minimum Gasteiger partial charge on any atom is -0.355 e. The van der Waals surface area contributed by atoms with Crippen molar-refractivity contribution in [1.82, 2.24) is 5.32 Å². The highest BCUT2D eigenvalue weighted by atomic mass is 35.5. The number of nitrogens with one attached hydrogen (secondary N) is 2. The molecule has 0 aliphatic carbocycles. The van der Waals surface area contributed by atoms with Gasteiger partial charge in [-0.2, -0.15) is 0 Å². The Morgan fingerprint density at radius 2 is 1.88 bits per heavy atom. The number of hydrogen-bond donors (Lipinski definition) is 3. The Kier molecular flexibility index (Phi) is 6.35. The summed E-state index contributed by atoms with van der Waals surface area (Å²) in [6, 6.07) is 14.6. The van der Waals surface area contributed by atoms with Gasteiger partial charge in [0.05, 0.1) is 0 Å². The molecule has 0 fully saturated rings. The Morgan fingerprint density at radius 3 is 2.54 bits per heavy atom. The van der Waals surface area contributed by atoms with Crippen molar-refractivity contribution in [2.45, 2.75) is 13.0 Å². The SMILES string of the molecule is CNC(=O)c1cccc(NC(=O)C[NH2+][C@@H](C)c2ccc(Cl)cc2)c1. The summed E-state index contributed by atoms with van der Waals surface area (Å²) < 4.78 is 0. The van der Waals surface area contributed by atoms with Crippen LogP contribution in [-0.2, 0) is 4.79 Å². The number of carbonyl (C=O) groups excluding carboxylic acids is 2. The Balaban J connectivity index is 1.89. The number of amides is 2. The van der Waals surface area contributed by atoms with Crippen molar-refractivity contribution in [3.05, 3.63) is 64.7 Å². The summed E-state index contributed by atoms with van der Waals surface area (Å²) in [6.45, 7) is 2.32. The molecule has 0 saturated heterocycles. The monoisotopic (exact) mass is 346 g/mol. The van der Waals surface area contributed by atoms with E-state index in [2.05, 4.69) is 10.6 Å². The lowest BCUT2D eigenvalue weighted by Crippen LogP contribution is -2.86. The smallest absolute Gasteiger partial charge is 0.279 e. The second-order valence-electron chi connectivity index (χ2n) is 5.49. The number of carbonyl (C=O) groups is 2. The fourth-order valence-electron chi connectivity index (χ4n) is 2.28. The van der Waals surface area contributed by atoms with Crippen LogP contribution in [0.3, 0.4) is 0 Å². The van der Waals surface area contributed by atoms with Crippen LogP contribution < -0.4 is 16.0 Å². The summed E-state index contributed by atoms with van der Waals surface area (Å²) >= 11 is 5.88. The molecule has 1 atom stereocenters. The molecule has 0 aliphatic rings. The molecule has 0 aliphatic heterocycles. The molecule has 0 heterocycles. The average Bonchev–Trinajstić information content (AvgIpc) is 2.59. The van der Waals surface area contributed by atoms with E-state index < -0.39 is 0 Å². The predicted molar refractivity (Wildman–Crippen MR) is 95.1 cm³/mol. The molecule has 2 aromatic rings. The molecule has 6 heteroatoms. The highest BCUT2D eigenvalue weighted by Gasteiger charge is 2.12. The summed E-state index contributed by atoms with van der Waals surface area (Å²) in [6.07, 6.45) is 0. The standard InChI is InChI=1S/C18H20ClN3O2/c1-12(13-6-8-15(19)9-7-13)21-11-17(23)22-16-5-3-4-14(10-16)18(24)20-2/h3-10,12,21H,11H2,1-2H3,(H,20,24)(H,22,23)/p+1/t12-/m0/s1. The largest absolute Gasteiger partial charge is 0.355 e. The summed E-state index contributed by atoms with van der Waals surface area (Å²) in [7, 11) is 1.57. The zero-order chi connectivity index (χ0) is 17.5. The maximum absolute atomic E-state index is 12.1. The summed E-state index contributed by atoms with van der Waals surface area (Å²) in [5.74, 6) is -0.307. The highest BCUT2D eigenvalue weighted by Crippen LogP contribution is 2.13. The lowest BCUT2D eigenvalue weighted by Gasteiger charge is -2.11. The number of quaternary nitrogens is 1. The molecule has 2 amide bonds. The predicted octanol–water partition coefficient (Wildman–Crippen LogP) is 1.96. The van der Waals surface area contributed by atoms with E-state index in [1.54, 1.807) is 31.3 Å². The molecule has 0 radical (unpaired) electrons. The molecule has 0 aromatic heterocycles. The molecule has 24 heavy (non-hydrogen) atoms. The fourth-order valence-corrected chi connectivity index (χ4v) is 2.41. The van der Waals surface area contributed by atoms with E-state index in [1.165, 1.54) is 0 Å². The normalized spacial score (nSPS) is 11.6. The lowest BCUT2D eigenvalue weighted by molar-refractivity contribution is -0.682. The van der Waals surface area contributed by atoms with Gasteiger partial charge in [-0.05, 0) is 37.3 Å².